The van der Waals surface area contributed by atoms with Gasteiger partial charge in [-0.05, 0) is 80.7 Å². The number of aliphatic hydroxyl groups excluding tert-OH is 1. The Kier molecular flexibility index (Phi) is 13.0. The largest absolute Gasteiger partial charge is 0.390 e. The molecule has 0 aromatic carbocycles. The minimum absolute atomic E-state index is 0.00407. The summed E-state index contributed by atoms with van der Waals surface area (Å²) in [5, 5.41) is 14.1. The van der Waals surface area contributed by atoms with Crippen LogP contribution in [-0.4, -0.2) is 48.7 Å². The number of allylic oxidation sites excluding steroid dienone is 2. The number of unbranched alkanes of at least 4 members (excludes halogenated alkanes) is 2. The highest BCUT2D eigenvalue weighted by molar-refractivity contribution is 6.04. The van der Waals surface area contributed by atoms with E-state index in [0.29, 0.717) is 37.0 Å². The van der Waals surface area contributed by atoms with Gasteiger partial charge in [0.2, 0.25) is 0 Å². The summed E-state index contributed by atoms with van der Waals surface area (Å²) in [6, 6.07) is 0. The summed E-state index contributed by atoms with van der Waals surface area (Å²) in [5.74, 6) is 2.05. The average molecular weight is 479 g/mol. The van der Waals surface area contributed by atoms with E-state index in [9.17, 15) is 14.7 Å². The zero-order chi connectivity index (χ0) is 25.1. The number of rotatable bonds is 14. The number of nitrogens with one attached hydrogen (secondary N) is 1. The molecular formula is C28H50N2O4. The summed E-state index contributed by atoms with van der Waals surface area (Å²) in [7, 11) is 1.64. The van der Waals surface area contributed by atoms with Gasteiger partial charge in [-0.25, -0.2) is 0 Å². The van der Waals surface area contributed by atoms with Gasteiger partial charge in [-0.3, -0.25) is 9.59 Å². The zero-order valence-electron chi connectivity index (χ0n) is 22.0. The molecule has 6 heteroatoms. The smallest absolute Gasteiger partial charge is 0.162 e. The maximum absolute atomic E-state index is 12.4. The summed E-state index contributed by atoms with van der Waals surface area (Å²) in [6.07, 6.45) is 12.2. The van der Waals surface area contributed by atoms with Crippen LogP contribution >= 0.6 is 0 Å². The van der Waals surface area contributed by atoms with Crippen LogP contribution in [0, 0.1) is 29.6 Å². The number of Topliss-reactive ketones (excluding diaryl/α,β-unsaturated/α-hetero) is 1. The third-order valence-corrected chi connectivity index (χ3v) is 7.88. The van der Waals surface area contributed by atoms with Gasteiger partial charge in [0.1, 0.15) is 5.78 Å². The van der Waals surface area contributed by atoms with E-state index in [1.54, 1.807) is 13.2 Å². The summed E-state index contributed by atoms with van der Waals surface area (Å²) in [5.41, 5.74) is 6.36. The third-order valence-electron chi connectivity index (χ3n) is 7.88. The normalized spacial score (nSPS) is 32.4. The minimum atomic E-state index is -0.481. The van der Waals surface area contributed by atoms with Crippen LogP contribution in [0.25, 0.3) is 0 Å². The van der Waals surface area contributed by atoms with Gasteiger partial charge in [0.05, 0.1) is 24.8 Å². The lowest BCUT2D eigenvalue weighted by atomic mass is 9.70. The van der Waals surface area contributed by atoms with Gasteiger partial charge in [0, 0.05) is 13.5 Å². The fourth-order valence-electron chi connectivity index (χ4n) is 5.74. The first-order valence-electron chi connectivity index (χ1n) is 13.7. The molecule has 0 aromatic heterocycles. The van der Waals surface area contributed by atoms with Crippen LogP contribution in [0.5, 0.6) is 0 Å². The quantitative estimate of drug-likeness (QED) is 0.194. The number of piperidine rings is 1. The summed E-state index contributed by atoms with van der Waals surface area (Å²) in [4.78, 5) is 24.5. The lowest BCUT2D eigenvalue weighted by Crippen LogP contribution is -2.51. The molecule has 0 radical (unpaired) electrons. The molecule has 4 N–H and O–H groups in total. The molecule has 2 fully saturated rings. The zero-order valence-corrected chi connectivity index (χ0v) is 22.0. The molecule has 6 nitrogen and oxygen atoms in total. The Labute approximate surface area is 207 Å². The molecule has 1 aliphatic carbocycles. The Morgan fingerprint density at radius 3 is 2.62 bits per heavy atom. The number of carbonyl (C=O) groups is 2. The number of nitrogens with two attached hydrogens (primary N) is 1. The lowest BCUT2D eigenvalue weighted by molar-refractivity contribution is -0.124. The molecule has 1 aliphatic heterocycles. The van der Waals surface area contributed by atoms with E-state index in [-0.39, 0.29) is 42.1 Å². The molecule has 1 heterocycles. The van der Waals surface area contributed by atoms with Gasteiger partial charge in [0.15, 0.2) is 5.78 Å². The molecule has 0 amide bonds. The van der Waals surface area contributed by atoms with Crippen molar-refractivity contribution in [2.45, 2.75) is 110 Å². The number of ketones is 2. The van der Waals surface area contributed by atoms with Crippen molar-refractivity contribution in [2.24, 2.45) is 35.3 Å². The van der Waals surface area contributed by atoms with Crippen LogP contribution in [-0.2, 0) is 14.3 Å². The number of carbonyl (C=O) groups excluding carboxylic acids is 2. The van der Waals surface area contributed by atoms with E-state index in [4.69, 9.17) is 10.5 Å². The second kappa shape index (κ2) is 15.1. The van der Waals surface area contributed by atoms with Crippen molar-refractivity contribution in [3.8, 4) is 0 Å². The number of ether oxygens (including phenoxy) is 1. The maximum atomic E-state index is 12.4. The van der Waals surface area contributed by atoms with Gasteiger partial charge in [-0.15, -0.1) is 0 Å². The molecule has 196 valence electrons. The Morgan fingerprint density at radius 1 is 1.18 bits per heavy atom. The highest BCUT2D eigenvalue weighted by Crippen LogP contribution is 2.39. The van der Waals surface area contributed by atoms with Gasteiger partial charge in [0.25, 0.3) is 0 Å². The monoisotopic (exact) mass is 478 g/mol. The molecule has 0 aromatic rings. The van der Waals surface area contributed by atoms with E-state index in [0.717, 1.165) is 45.1 Å². The van der Waals surface area contributed by atoms with Crippen LogP contribution in [0.2, 0.25) is 0 Å². The van der Waals surface area contributed by atoms with Gasteiger partial charge in [-0.1, -0.05) is 46.1 Å². The minimum Gasteiger partial charge on any atom is -0.390 e. The highest BCUT2D eigenvalue weighted by atomic mass is 16.5. The second-order valence-electron chi connectivity index (χ2n) is 11.2. The Hall–Kier alpha value is -1.08. The number of hydrogen-bond donors (Lipinski definition) is 3. The highest BCUT2D eigenvalue weighted by Gasteiger charge is 2.38. The van der Waals surface area contributed by atoms with Crippen molar-refractivity contribution in [1.29, 1.82) is 0 Å². The first-order valence-corrected chi connectivity index (χ1v) is 13.7. The van der Waals surface area contributed by atoms with E-state index in [1.165, 1.54) is 6.42 Å². The van der Waals surface area contributed by atoms with Crippen LogP contribution < -0.4 is 11.1 Å². The van der Waals surface area contributed by atoms with Crippen LogP contribution in [0.4, 0.5) is 0 Å². The van der Waals surface area contributed by atoms with E-state index in [1.807, 2.05) is 6.08 Å². The molecule has 7 atom stereocenters. The Bertz CT molecular complexity index is 650. The van der Waals surface area contributed by atoms with Crippen molar-refractivity contribution >= 4 is 11.6 Å². The van der Waals surface area contributed by atoms with Crippen molar-refractivity contribution in [2.75, 3.05) is 13.7 Å². The predicted octanol–water partition coefficient (Wildman–Crippen LogP) is 4.39. The Balaban J connectivity index is 1.97. The van der Waals surface area contributed by atoms with Crippen molar-refractivity contribution in [3.05, 3.63) is 12.2 Å². The van der Waals surface area contributed by atoms with E-state index in [2.05, 4.69) is 26.1 Å². The van der Waals surface area contributed by atoms with Gasteiger partial charge in [-0.2, -0.15) is 0 Å². The van der Waals surface area contributed by atoms with Crippen molar-refractivity contribution in [3.63, 3.8) is 0 Å². The maximum Gasteiger partial charge on any atom is 0.162 e. The molecule has 1 saturated carbocycles. The van der Waals surface area contributed by atoms with E-state index >= 15 is 0 Å². The molecular weight excluding hydrogens is 428 g/mol. The second-order valence-corrected chi connectivity index (χ2v) is 11.2. The van der Waals surface area contributed by atoms with Crippen LogP contribution in [0.3, 0.4) is 0 Å². The predicted molar refractivity (Wildman–Crippen MR) is 137 cm³/mol. The fourth-order valence-corrected chi connectivity index (χ4v) is 5.74. The number of aliphatic hydroxyl groups is 1. The first-order chi connectivity index (χ1) is 16.2. The van der Waals surface area contributed by atoms with Crippen LogP contribution in [0.1, 0.15) is 91.4 Å². The summed E-state index contributed by atoms with van der Waals surface area (Å²) < 4.78 is 5.53. The standard InChI is InChI=1S/C28H50N2O4/c1-5-6-7-8-24(31)17-25(32)12-11-21-16-27(34-4)26(33)15-23(21)14-20-13-22(10-9-19(2)3)28(29)30-18-20/h11-12,19-23,26-28,30,33H,5-10,13-18,29H2,1-4H3. The molecule has 2 rings (SSSR count). The summed E-state index contributed by atoms with van der Waals surface area (Å²) in [6.45, 7) is 7.52. The number of methoxy groups -OCH3 is 1. The Morgan fingerprint density at radius 2 is 1.94 bits per heavy atom. The van der Waals surface area contributed by atoms with E-state index < -0.39 is 6.10 Å². The average Bonchev–Trinajstić information content (AvgIpc) is 2.79. The summed E-state index contributed by atoms with van der Waals surface area (Å²) >= 11 is 0. The molecule has 0 spiro atoms. The molecule has 1 saturated heterocycles. The fraction of sp³-hybridized carbons (Fsp3) is 0.857. The van der Waals surface area contributed by atoms with Gasteiger partial charge < -0.3 is 20.9 Å². The third kappa shape index (κ3) is 9.88. The van der Waals surface area contributed by atoms with Crippen molar-refractivity contribution in [1.82, 2.24) is 5.32 Å². The first kappa shape index (κ1) is 29.2. The molecule has 2 aliphatic rings. The number of hydrogen-bond acceptors (Lipinski definition) is 6. The molecule has 0 bridgehead atoms. The molecule has 7 unspecified atom stereocenters. The molecule has 34 heavy (non-hydrogen) atoms. The lowest BCUT2D eigenvalue weighted by Gasteiger charge is -2.41. The van der Waals surface area contributed by atoms with Gasteiger partial charge >= 0.3 is 0 Å². The topological polar surface area (TPSA) is 102 Å². The SMILES string of the molecule is CCCCCC(=O)CC(=O)C=CC1CC(OC)C(O)CC1CC1CNC(N)C(CCC(C)C)C1. The van der Waals surface area contributed by atoms with Crippen LogP contribution in [0.15, 0.2) is 12.2 Å². The van der Waals surface area contributed by atoms with Crippen molar-refractivity contribution < 1.29 is 19.4 Å².